The Labute approximate surface area is 195 Å². The molecule has 5 unspecified atom stereocenters. The summed E-state index contributed by atoms with van der Waals surface area (Å²) < 4.78 is 6.54. The Hall–Kier alpha value is -4.13. The predicted octanol–water partition coefficient (Wildman–Crippen LogP) is 2.73. The van der Waals surface area contributed by atoms with E-state index in [4.69, 9.17) is 4.74 Å². The highest BCUT2D eigenvalue weighted by molar-refractivity contribution is 6.31. The maximum atomic E-state index is 13.7. The number of fused-ring (bicyclic) bond motifs is 4. The zero-order valence-electron chi connectivity index (χ0n) is 18.1. The van der Waals surface area contributed by atoms with E-state index in [-0.39, 0.29) is 45.5 Å². The molecule has 1 saturated heterocycles. The van der Waals surface area contributed by atoms with E-state index in [1.807, 2.05) is 6.92 Å². The number of phenolic OH excluding ortho intramolecular Hbond substituents is 1. The first-order chi connectivity index (χ1) is 16.4. The SMILES string of the molecule is CC1CC(=O)C2C#C/C=C/C#CC3Nc4c(cc(O)c5c4C(=O)c4ccccc4C5=O)C24OC134. The molecule has 0 spiro atoms. The lowest BCUT2D eigenvalue weighted by Crippen LogP contribution is -2.56. The summed E-state index contributed by atoms with van der Waals surface area (Å²) >= 11 is 0. The van der Waals surface area contributed by atoms with Crippen LogP contribution in [0.1, 0.15) is 50.8 Å². The van der Waals surface area contributed by atoms with Crippen LogP contribution < -0.4 is 5.32 Å². The molecule has 2 aliphatic heterocycles. The van der Waals surface area contributed by atoms with Gasteiger partial charge in [0.15, 0.2) is 17.3 Å². The quantitative estimate of drug-likeness (QED) is 0.313. The Balaban J connectivity index is 1.57. The highest BCUT2D eigenvalue weighted by Gasteiger charge is 2.84. The van der Waals surface area contributed by atoms with Crippen molar-refractivity contribution in [2.45, 2.75) is 30.6 Å². The van der Waals surface area contributed by atoms with Crippen LogP contribution in [0.4, 0.5) is 5.69 Å². The summed E-state index contributed by atoms with van der Waals surface area (Å²) in [5.41, 5.74) is -0.570. The fourth-order valence-electron chi connectivity index (χ4n) is 6.41. The van der Waals surface area contributed by atoms with Crippen molar-refractivity contribution >= 4 is 23.0 Å². The van der Waals surface area contributed by atoms with Gasteiger partial charge in [-0.15, -0.1) is 0 Å². The van der Waals surface area contributed by atoms with Gasteiger partial charge in [0.1, 0.15) is 28.9 Å². The zero-order valence-corrected chi connectivity index (χ0v) is 18.1. The Morgan fingerprint density at radius 2 is 1.71 bits per heavy atom. The summed E-state index contributed by atoms with van der Waals surface area (Å²) in [6, 6.07) is 7.50. The number of ether oxygens (including phenoxy) is 1. The fourth-order valence-corrected chi connectivity index (χ4v) is 6.41. The number of allylic oxidation sites excluding steroid dienone is 2. The van der Waals surface area contributed by atoms with Gasteiger partial charge in [0.2, 0.25) is 0 Å². The maximum Gasteiger partial charge on any atom is 0.198 e. The van der Waals surface area contributed by atoms with Gasteiger partial charge < -0.3 is 15.2 Å². The van der Waals surface area contributed by atoms with Crippen LogP contribution >= 0.6 is 0 Å². The molecule has 4 bridgehead atoms. The molecule has 2 aromatic carbocycles. The number of nitrogens with one attached hydrogen (secondary N) is 1. The summed E-state index contributed by atoms with van der Waals surface area (Å²) in [7, 11) is 0. The standard InChI is InChI=1S/C28H17NO5/c1-14-12-19(30)17-10-4-2-3-5-11-21-27(14)28(17,34-27)18-13-20(31)22-23(24(18)29-21)26(33)16-9-7-6-8-15(16)25(22)32/h2-3,6-9,13-14,17,21,29,31H,12H2,1H3/b3-2+. The molecule has 3 aliphatic carbocycles. The lowest BCUT2D eigenvalue weighted by molar-refractivity contribution is -0.125. The number of phenols is 1. The lowest BCUT2D eigenvalue weighted by atomic mass is 9.59. The molecule has 2 heterocycles. The van der Waals surface area contributed by atoms with Crippen LogP contribution in [-0.4, -0.2) is 34.1 Å². The van der Waals surface area contributed by atoms with Gasteiger partial charge in [0.25, 0.3) is 0 Å². The van der Waals surface area contributed by atoms with Crippen LogP contribution in [0.2, 0.25) is 0 Å². The minimum absolute atomic E-state index is 0.0454. The van der Waals surface area contributed by atoms with Gasteiger partial charge in [-0.05, 0) is 24.1 Å². The second-order valence-corrected chi connectivity index (χ2v) is 9.40. The first-order valence-corrected chi connectivity index (χ1v) is 11.2. The number of carbonyl (C=O) groups excluding carboxylic acids is 3. The Kier molecular flexibility index (Phi) is 3.44. The van der Waals surface area contributed by atoms with Crippen LogP contribution in [0.25, 0.3) is 0 Å². The first kappa shape index (κ1) is 19.3. The number of carbonyl (C=O) groups is 3. The number of epoxide rings is 1. The molecule has 6 nitrogen and oxygen atoms in total. The van der Waals surface area contributed by atoms with Crippen LogP contribution in [0.3, 0.4) is 0 Å². The third-order valence-electron chi connectivity index (χ3n) is 7.84. The third kappa shape index (κ3) is 1.98. The van der Waals surface area contributed by atoms with Crippen molar-refractivity contribution < 1.29 is 24.2 Å². The lowest BCUT2D eigenvalue weighted by Gasteiger charge is -2.42. The maximum absolute atomic E-state index is 13.7. The molecule has 2 aromatic rings. The van der Waals surface area contributed by atoms with Crippen molar-refractivity contribution in [1.82, 2.24) is 0 Å². The summed E-state index contributed by atoms with van der Waals surface area (Å²) in [5.74, 6) is 10.1. The third-order valence-corrected chi connectivity index (χ3v) is 7.84. The molecule has 164 valence electrons. The van der Waals surface area contributed by atoms with Crippen LogP contribution in [-0.2, 0) is 15.1 Å². The summed E-state index contributed by atoms with van der Waals surface area (Å²) in [6.45, 7) is 1.95. The van der Waals surface area contributed by atoms with E-state index in [0.29, 0.717) is 17.7 Å². The Bertz CT molecular complexity index is 1560. The Morgan fingerprint density at radius 1 is 1.03 bits per heavy atom. The van der Waals surface area contributed by atoms with Crippen molar-refractivity contribution in [3.63, 3.8) is 0 Å². The van der Waals surface area contributed by atoms with Crippen LogP contribution in [0, 0.1) is 35.5 Å². The van der Waals surface area contributed by atoms with Gasteiger partial charge in [0, 0.05) is 23.1 Å². The molecule has 2 N–H and O–H groups in total. The second kappa shape index (κ2) is 6.05. The molecule has 0 aromatic heterocycles. The van der Waals surface area contributed by atoms with Gasteiger partial charge in [-0.2, -0.15) is 0 Å². The number of benzene rings is 2. The summed E-state index contributed by atoms with van der Waals surface area (Å²) in [4.78, 5) is 40.2. The molecule has 5 aliphatic rings. The molecule has 6 heteroatoms. The van der Waals surface area contributed by atoms with Gasteiger partial charge in [0.05, 0.1) is 16.8 Å². The molecule has 0 amide bonds. The minimum Gasteiger partial charge on any atom is -0.507 e. The van der Waals surface area contributed by atoms with Gasteiger partial charge in [-0.3, -0.25) is 14.4 Å². The molecule has 1 saturated carbocycles. The predicted molar refractivity (Wildman–Crippen MR) is 121 cm³/mol. The van der Waals surface area contributed by atoms with Crippen molar-refractivity contribution in [1.29, 1.82) is 0 Å². The molecular formula is C28H17NO5. The normalized spacial score (nSPS) is 33.9. The van der Waals surface area contributed by atoms with Crippen LogP contribution in [0.15, 0.2) is 42.5 Å². The van der Waals surface area contributed by atoms with Crippen molar-refractivity contribution in [2.24, 2.45) is 11.8 Å². The molecular weight excluding hydrogens is 430 g/mol. The number of hydrogen-bond acceptors (Lipinski definition) is 6. The number of Topliss-reactive ketones (excluding diaryl/α,β-unsaturated/α-hetero) is 1. The average Bonchev–Trinajstić information content (AvgIpc) is 3.55. The number of rotatable bonds is 0. The Morgan fingerprint density at radius 3 is 2.44 bits per heavy atom. The minimum atomic E-state index is -1.16. The monoisotopic (exact) mass is 447 g/mol. The van der Waals surface area contributed by atoms with Crippen molar-refractivity contribution in [3.8, 4) is 29.4 Å². The highest BCUT2D eigenvalue weighted by Crippen LogP contribution is 2.72. The first-order valence-electron chi connectivity index (χ1n) is 11.2. The van der Waals surface area contributed by atoms with E-state index in [1.165, 1.54) is 6.07 Å². The van der Waals surface area contributed by atoms with Crippen molar-refractivity contribution in [3.05, 3.63) is 70.3 Å². The summed E-state index contributed by atoms with van der Waals surface area (Å²) in [5, 5.41) is 14.4. The van der Waals surface area contributed by atoms with E-state index in [2.05, 4.69) is 29.0 Å². The van der Waals surface area contributed by atoms with Crippen molar-refractivity contribution in [2.75, 3.05) is 5.32 Å². The molecule has 2 fully saturated rings. The smallest absolute Gasteiger partial charge is 0.198 e. The van der Waals surface area contributed by atoms with Gasteiger partial charge in [-0.25, -0.2) is 0 Å². The molecule has 34 heavy (non-hydrogen) atoms. The topological polar surface area (TPSA) is 96.0 Å². The average molecular weight is 447 g/mol. The molecule has 5 atom stereocenters. The van der Waals surface area contributed by atoms with E-state index >= 15 is 0 Å². The van der Waals surface area contributed by atoms with Gasteiger partial charge in [-0.1, -0.05) is 54.9 Å². The number of ketones is 3. The summed E-state index contributed by atoms with van der Waals surface area (Å²) in [6.07, 6.45) is 3.52. The van der Waals surface area contributed by atoms with E-state index < -0.39 is 28.9 Å². The van der Waals surface area contributed by atoms with E-state index in [9.17, 15) is 19.5 Å². The number of aromatic hydroxyl groups is 1. The zero-order chi connectivity index (χ0) is 23.4. The molecule has 0 radical (unpaired) electrons. The second-order valence-electron chi connectivity index (χ2n) is 9.40. The van der Waals surface area contributed by atoms with E-state index in [0.717, 1.165) is 0 Å². The highest BCUT2D eigenvalue weighted by atomic mass is 16.6. The molecule has 7 rings (SSSR count). The van der Waals surface area contributed by atoms with Crippen LogP contribution in [0.5, 0.6) is 5.75 Å². The largest absolute Gasteiger partial charge is 0.507 e. The number of anilines is 1. The fraction of sp³-hybridized carbons (Fsp3) is 0.250. The van der Waals surface area contributed by atoms with Gasteiger partial charge >= 0.3 is 0 Å². The van der Waals surface area contributed by atoms with E-state index in [1.54, 1.807) is 36.4 Å². The number of hydrogen-bond donors (Lipinski definition) is 2.